The number of amides is 1. The number of aryl methyl sites for hydroxylation is 1. The number of carbonyl (C=O) groups excluding carboxylic acids is 1. The molecule has 0 saturated heterocycles. The van der Waals surface area contributed by atoms with Gasteiger partial charge in [-0.05, 0) is 94.6 Å². The fourth-order valence-corrected chi connectivity index (χ4v) is 6.87. The summed E-state index contributed by atoms with van der Waals surface area (Å²) in [6.07, 6.45) is 1.40. The van der Waals surface area contributed by atoms with Crippen LogP contribution < -0.4 is 40.7 Å². The van der Waals surface area contributed by atoms with Gasteiger partial charge in [0, 0.05) is 28.6 Å². The van der Waals surface area contributed by atoms with Crippen LogP contribution in [0.2, 0.25) is 0 Å². The summed E-state index contributed by atoms with van der Waals surface area (Å²) in [7, 11) is 6.26. The molecule has 4 aromatic carbocycles. The van der Waals surface area contributed by atoms with E-state index in [1.54, 1.807) is 63.0 Å². The number of hydrogen-bond acceptors (Lipinski definition) is 9. The number of hydrogen-bond donors (Lipinski definition) is 3. The lowest BCUT2D eigenvalue weighted by molar-refractivity contribution is 0.102. The Bertz CT molecular complexity index is 2010. The maximum absolute atomic E-state index is 13.2. The molecule has 1 aromatic heterocycles. The number of benzene rings is 3. The lowest BCUT2D eigenvalue weighted by atomic mass is 9.95. The first-order valence-electron chi connectivity index (χ1n) is 15.5. The number of nitrogens with one attached hydrogen (secondary N) is 2. The number of ether oxygens (including phenoxy) is 4. The van der Waals surface area contributed by atoms with Gasteiger partial charge in [-0.25, -0.2) is 0 Å². The van der Waals surface area contributed by atoms with Gasteiger partial charge in [0.2, 0.25) is 11.2 Å². The Kier molecular flexibility index (Phi) is 9.65. The number of carbonyl (C=O) groups is 1. The third-order valence-electron chi connectivity index (χ3n) is 8.60. The summed E-state index contributed by atoms with van der Waals surface area (Å²) in [5, 5.41) is 8.63. The maximum atomic E-state index is 13.2. The second kappa shape index (κ2) is 14.2. The van der Waals surface area contributed by atoms with Crippen LogP contribution in [-0.2, 0) is 13.0 Å². The molecule has 0 spiro atoms. The van der Waals surface area contributed by atoms with Crippen molar-refractivity contribution in [2.75, 3.05) is 39.5 Å². The van der Waals surface area contributed by atoms with Crippen molar-refractivity contribution in [1.29, 1.82) is 0 Å². The molecule has 1 aliphatic carbocycles. The highest BCUT2D eigenvalue weighted by molar-refractivity contribution is 7.13. The van der Waals surface area contributed by atoms with Gasteiger partial charge in [0.25, 0.3) is 5.91 Å². The zero-order valence-electron chi connectivity index (χ0n) is 27.2. The molecule has 1 heterocycles. The molecule has 48 heavy (non-hydrogen) atoms. The normalized spacial score (nSPS) is 13.5. The Balaban J connectivity index is 1.25. The number of fused-ring (bicyclic) bond motifs is 3. The lowest BCUT2D eigenvalue weighted by Gasteiger charge is -2.20. The highest BCUT2D eigenvalue weighted by atomic mass is 32.1. The molecule has 0 bridgehead atoms. The van der Waals surface area contributed by atoms with Crippen molar-refractivity contribution in [2.24, 2.45) is 0 Å². The molecule has 0 aliphatic heterocycles. The van der Waals surface area contributed by atoms with Crippen LogP contribution in [-0.4, -0.2) is 34.3 Å². The molecule has 0 fully saturated rings. The summed E-state index contributed by atoms with van der Waals surface area (Å²) in [5.74, 6) is 1.60. The van der Waals surface area contributed by atoms with Crippen molar-refractivity contribution in [2.45, 2.75) is 25.4 Å². The average molecular weight is 664 g/mol. The van der Waals surface area contributed by atoms with Crippen molar-refractivity contribution >= 4 is 28.6 Å². The van der Waals surface area contributed by atoms with Crippen molar-refractivity contribution in [3.8, 4) is 44.6 Å². The molecular weight excluding hydrogens is 627 g/mol. The first-order valence-corrected chi connectivity index (χ1v) is 16.3. The zero-order valence-corrected chi connectivity index (χ0v) is 28.0. The van der Waals surface area contributed by atoms with Crippen LogP contribution in [0.25, 0.3) is 21.6 Å². The smallest absolute Gasteiger partial charge is 0.255 e. The van der Waals surface area contributed by atoms with Crippen LogP contribution in [0.5, 0.6) is 23.0 Å². The third kappa shape index (κ3) is 6.45. The molecule has 1 aliphatic rings. The average Bonchev–Trinajstić information content (AvgIpc) is 3.54. The van der Waals surface area contributed by atoms with Gasteiger partial charge < -0.3 is 35.3 Å². The highest BCUT2D eigenvalue weighted by Crippen LogP contribution is 2.50. The molecule has 0 unspecified atom stereocenters. The molecule has 246 valence electrons. The Morgan fingerprint density at radius 2 is 1.65 bits per heavy atom. The number of methoxy groups -OCH3 is 4. The minimum atomic E-state index is -0.246. The summed E-state index contributed by atoms with van der Waals surface area (Å²) in [6, 6.07) is 24.1. The number of nitrogen functional groups attached to an aromatic ring is 1. The standard InChI is InChI=1S/C38H37N3O6S/c1-44-32-16-13-26-27(20-31(32)42)29(15-12-25-19-33(45-2)36(46-3)37(47-4)35(25)26)40-21-22-7-9-23(10-8-22)38(43)41-30-18-24(11-14-28(30)39)34-6-5-17-48-34/h5-11,13-14,16-20,29,40H,12,15,21,39H2,1-4H3,(H,41,43)/t29-/m0/s1. The Labute approximate surface area is 283 Å². The topological polar surface area (TPSA) is 121 Å². The van der Waals surface area contributed by atoms with Gasteiger partial charge in [-0.2, -0.15) is 0 Å². The molecular formula is C38H37N3O6S. The van der Waals surface area contributed by atoms with Crippen molar-refractivity contribution < 1.29 is 23.7 Å². The third-order valence-corrected chi connectivity index (χ3v) is 9.52. The molecule has 4 N–H and O–H groups in total. The first-order chi connectivity index (χ1) is 23.3. The van der Waals surface area contributed by atoms with Crippen molar-refractivity contribution in [3.05, 3.63) is 117 Å². The van der Waals surface area contributed by atoms with E-state index in [0.717, 1.165) is 38.3 Å². The van der Waals surface area contributed by atoms with Gasteiger partial charge in [0.15, 0.2) is 17.2 Å². The molecule has 6 rings (SSSR count). The summed E-state index contributed by atoms with van der Waals surface area (Å²) in [4.78, 5) is 27.5. The van der Waals surface area contributed by atoms with E-state index < -0.39 is 0 Å². The number of thiophene rings is 1. The minimum absolute atomic E-state index is 0.180. The second-order valence-corrected chi connectivity index (χ2v) is 12.3. The van der Waals surface area contributed by atoms with Gasteiger partial charge in [0.1, 0.15) is 0 Å². The van der Waals surface area contributed by atoms with E-state index in [1.807, 2.05) is 53.9 Å². The minimum Gasteiger partial charge on any atom is -0.493 e. The summed E-state index contributed by atoms with van der Waals surface area (Å²) in [6.45, 7) is 0.506. The van der Waals surface area contributed by atoms with E-state index in [0.29, 0.717) is 53.6 Å². The van der Waals surface area contributed by atoms with Crippen LogP contribution in [0.15, 0.2) is 89.0 Å². The molecule has 9 nitrogen and oxygen atoms in total. The van der Waals surface area contributed by atoms with Crippen molar-refractivity contribution in [1.82, 2.24) is 5.32 Å². The van der Waals surface area contributed by atoms with E-state index in [1.165, 1.54) is 7.11 Å². The monoisotopic (exact) mass is 663 g/mol. The number of rotatable bonds is 10. The van der Waals surface area contributed by atoms with E-state index in [2.05, 4.69) is 10.6 Å². The van der Waals surface area contributed by atoms with Crippen LogP contribution in [0, 0.1) is 0 Å². The summed E-state index contributed by atoms with van der Waals surface area (Å²) >= 11 is 1.63. The summed E-state index contributed by atoms with van der Waals surface area (Å²) < 4.78 is 22.6. The van der Waals surface area contributed by atoms with Gasteiger partial charge in [-0.3, -0.25) is 9.59 Å². The fourth-order valence-electron chi connectivity index (χ4n) is 6.15. The molecule has 1 amide bonds. The van der Waals surface area contributed by atoms with E-state index in [-0.39, 0.29) is 23.1 Å². The quantitative estimate of drug-likeness (QED) is 0.136. The molecule has 10 heteroatoms. The van der Waals surface area contributed by atoms with E-state index in [4.69, 9.17) is 24.7 Å². The van der Waals surface area contributed by atoms with Gasteiger partial charge in [-0.1, -0.05) is 30.3 Å². The number of nitrogens with two attached hydrogens (primary N) is 1. The van der Waals surface area contributed by atoms with E-state index in [9.17, 15) is 9.59 Å². The van der Waals surface area contributed by atoms with E-state index >= 15 is 0 Å². The summed E-state index contributed by atoms with van der Waals surface area (Å²) in [5.41, 5.74) is 13.1. The SMILES string of the molecule is COc1cc2c(c(OC)c1OC)-c1ccc(OC)c(=O)cc1[C@@H](NCc1ccc(C(=O)Nc3cc(-c4cccs4)ccc3N)cc1)CC2. The Morgan fingerprint density at radius 3 is 2.33 bits per heavy atom. The van der Waals surface area contributed by atoms with Gasteiger partial charge in [0.05, 0.1) is 39.8 Å². The molecule has 1 atom stereocenters. The van der Waals surface area contributed by atoms with Crippen LogP contribution in [0.4, 0.5) is 11.4 Å². The highest BCUT2D eigenvalue weighted by Gasteiger charge is 2.29. The van der Waals surface area contributed by atoms with Crippen LogP contribution in [0.3, 0.4) is 0 Å². The molecule has 0 radical (unpaired) electrons. The van der Waals surface area contributed by atoms with Gasteiger partial charge in [-0.15, -0.1) is 11.3 Å². The predicted molar refractivity (Wildman–Crippen MR) is 191 cm³/mol. The second-order valence-electron chi connectivity index (χ2n) is 11.4. The Morgan fingerprint density at radius 1 is 0.875 bits per heavy atom. The zero-order chi connectivity index (χ0) is 33.8. The fraction of sp³-hybridized carbons (Fsp3) is 0.211. The van der Waals surface area contributed by atoms with Crippen LogP contribution >= 0.6 is 11.3 Å². The maximum Gasteiger partial charge on any atom is 0.255 e. The van der Waals surface area contributed by atoms with Crippen molar-refractivity contribution in [3.63, 3.8) is 0 Å². The first kappa shape index (κ1) is 32.6. The lowest BCUT2D eigenvalue weighted by Crippen LogP contribution is -2.22. The molecule has 5 aromatic rings. The Hall–Kier alpha value is -5.32. The largest absolute Gasteiger partial charge is 0.493 e. The van der Waals surface area contributed by atoms with Crippen LogP contribution in [0.1, 0.15) is 39.5 Å². The predicted octanol–water partition coefficient (Wildman–Crippen LogP) is 7.09. The van der Waals surface area contributed by atoms with Gasteiger partial charge >= 0.3 is 0 Å². The number of anilines is 2. The molecule has 0 saturated carbocycles.